The molecule has 0 radical (unpaired) electrons. The van der Waals surface area contributed by atoms with Crippen molar-refractivity contribution in [2.45, 2.75) is 64.0 Å². The molecule has 2 aliphatic rings. The molecule has 0 amide bonds. The Hall–Kier alpha value is -0.170. The van der Waals surface area contributed by atoms with Gasteiger partial charge in [-0.1, -0.05) is 12.8 Å². The highest BCUT2D eigenvalue weighted by molar-refractivity contribution is 7.87. The predicted octanol–water partition coefficient (Wildman–Crippen LogP) is 1.23. The molecule has 0 bridgehead atoms. The first kappa shape index (κ1) is 15.2. The quantitative estimate of drug-likeness (QED) is 0.773. The van der Waals surface area contributed by atoms with Gasteiger partial charge < -0.3 is 0 Å². The second-order valence-corrected chi connectivity index (χ2v) is 7.96. The van der Waals surface area contributed by atoms with Crippen LogP contribution < -0.4 is 9.44 Å². The Balaban J connectivity index is 1.82. The summed E-state index contributed by atoms with van der Waals surface area (Å²) in [6, 6.07) is 0.132. The SMILES string of the molecule is CC(C)(CNS(=O)(=O)NC1CCCC1)N1CCCC1. The molecule has 0 aromatic carbocycles. The van der Waals surface area contributed by atoms with Crippen molar-refractivity contribution in [3.63, 3.8) is 0 Å². The van der Waals surface area contributed by atoms with Crippen LogP contribution in [0.3, 0.4) is 0 Å². The summed E-state index contributed by atoms with van der Waals surface area (Å²) in [5.41, 5.74) is -0.110. The van der Waals surface area contributed by atoms with Crippen LogP contribution in [0.15, 0.2) is 0 Å². The van der Waals surface area contributed by atoms with Crippen LogP contribution in [0.2, 0.25) is 0 Å². The van der Waals surface area contributed by atoms with Crippen LogP contribution in [0.1, 0.15) is 52.4 Å². The van der Waals surface area contributed by atoms with Crippen molar-refractivity contribution in [2.24, 2.45) is 0 Å². The largest absolute Gasteiger partial charge is 0.297 e. The average molecular weight is 289 g/mol. The Kier molecular flexibility index (Phi) is 4.87. The second-order valence-electron chi connectivity index (χ2n) is 6.43. The Morgan fingerprint density at radius 1 is 1.11 bits per heavy atom. The normalized spacial score (nSPS) is 23.3. The maximum Gasteiger partial charge on any atom is 0.277 e. The van der Waals surface area contributed by atoms with Crippen LogP contribution in [0.4, 0.5) is 0 Å². The minimum Gasteiger partial charge on any atom is -0.297 e. The van der Waals surface area contributed by atoms with Gasteiger partial charge >= 0.3 is 0 Å². The Morgan fingerprint density at radius 3 is 2.26 bits per heavy atom. The lowest BCUT2D eigenvalue weighted by Crippen LogP contribution is -2.53. The van der Waals surface area contributed by atoms with Gasteiger partial charge in [0.1, 0.15) is 0 Å². The lowest BCUT2D eigenvalue weighted by atomic mass is 10.0. The van der Waals surface area contributed by atoms with E-state index in [4.69, 9.17) is 0 Å². The van der Waals surface area contributed by atoms with Gasteiger partial charge in [-0.15, -0.1) is 0 Å². The molecule has 112 valence electrons. The van der Waals surface area contributed by atoms with Crippen molar-refractivity contribution in [1.29, 1.82) is 0 Å². The molecule has 5 nitrogen and oxygen atoms in total. The molecule has 1 heterocycles. The molecule has 0 unspecified atom stereocenters. The monoisotopic (exact) mass is 289 g/mol. The molecule has 2 fully saturated rings. The van der Waals surface area contributed by atoms with Gasteiger partial charge in [0.15, 0.2) is 0 Å². The van der Waals surface area contributed by atoms with Crippen LogP contribution in [-0.2, 0) is 10.2 Å². The van der Waals surface area contributed by atoms with Crippen molar-refractivity contribution in [2.75, 3.05) is 19.6 Å². The molecule has 0 aromatic heterocycles. The Morgan fingerprint density at radius 2 is 1.68 bits per heavy atom. The Bertz CT molecular complexity index is 383. The third-order valence-corrected chi connectivity index (χ3v) is 5.50. The molecular weight excluding hydrogens is 262 g/mol. The molecule has 1 aliphatic heterocycles. The van der Waals surface area contributed by atoms with Crippen molar-refractivity contribution in [1.82, 2.24) is 14.3 Å². The van der Waals surface area contributed by atoms with Gasteiger partial charge in [0.2, 0.25) is 0 Å². The van der Waals surface area contributed by atoms with E-state index in [1.54, 1.807) is 0 Å². The van der Waals surface area contributed by atoms with E-state index in [0.29, 0.717) is 6.54 Å². The van der Waals surface area contributed by atoms with E-state index in [0.717, 1.165) is 38.8 Å². The zero-order chi connectivity index (χ0) is 13.9. The third kappa shape index (κ3) is 4.41. The second kappa shape index (κ2) is 6.08. The predicted molar refractivity (Wildman–Crippen MR) is 77.2 cm³/mol. The highest BCUT2D eigenvalue weighted by Crippen LogP contribution is 2.21. The summed E-state index contributed by atoms with van der Waals surface area (Å²) < 4.78 is 29.5. The fourth-order valence-electron chi connectivity index (χ4n) is 3.01. The molecule has 2 rings (SSSR count). The fraction of sp³-hybridized carbons (Fsp3) is 1.00. The number of hydrogen-bond acceptors (Lipinski definition) is 3. The van der Waals surface area contributed by atoms with E-state index in [2.05, 4.69) is 28.2 Å². The number of nitrogens with zero attached hydrogens (tertiary/aromatic N) is 1. The Labute approximate surface area is 117 Å². The van der Waals surface area contributed by atoms with E-state index in [1.807, 2.05) is 0 Å². The minimum atomic E-state index is -3.35. The van der Waals surface area contributed by atoms with Gasteiger partial charge in [-0.05, 0) is 52.6 Å². The maximum atomic E-state index is 12.0. The van der Waals surface area contributed by atoms with Crippen LogP contribution in [0.25, 0.3) is 0 Å². The first-order valence-electron chi connectivity index (χ1n) is 7.41. The zero-order valence-corrected chi connectivity index (χ0v) is 12.9. The summed E-state index contributed by atoms with van der Waals surface area (Å²) in [4.78, 5) is 2.37. The standard InChI is InChI=1S/C13H27N3O2S/c1-13(2,16-9-5-6-10-16)11-14-19(17,18)15-12-7-3-4-8-12/h12,14-15H,3-11H2,1-2H3. The number of rotatable bonds is 6. The summed E-state index contributed by atoms with van der Waals surface area (Å²) in [6.07, 6.45) is 6.64. The fourth-order valence-corrected chi connectivity index (χ4v) is 4.31. The van der Waals surface area contributed by atoms with Gasteiger partial charge in [0, 0.05) is 18.1 Å². The molecule has 19 heavy (non-hydrogen) atoms. The molecular formula is C13H27N3O2S. The van der Waals surface area contributed by atoms with Gasteiger partial charge in [0.05, 0.1) is 0 Å². The van der Waals surface area contributed by atoms with Gasteiger partial charge in [-0.25, -0.2) is 4.72 Å². The summed E-state index contributed by atoms with van der Waals surface area (Å²) in [6.45, 7) is 6.83. The molecule has 1 aliphatic carbocycles. The maximum absolute atomic E-state index is 12.0. The first-order valence-corrected chi connectivity index (χ1v) is 8.89. The van der Waals surface area contributed by atoms with Crippen LogP contribution >= 0.6 is 0 Å². The van der Waals surface area contributed by atoms with Gasteiger partial charge in [-0.3, -0.25) is 4.90 Å². The minimum absolute atomic E-state index is 0.110. The van der Waals surface area contributed by atoms with Gasteiger partial charge in [-0.2, -0.15) is 13.1 Å². The molecule has 2 N–H and O–H groups in total. The summed E-state index contributed by atoms with van der Waals surface area (Å²) in [5, 5.41) is 0. The average Bonchev–Trinajstić information content (AvgIpc) is 2.98. The molecule has 6 heteroatoms. The van der Waals surface area contributed by atoms with Crippen molar-refractivity contribution < 1.29 is 8.42 Å². The van der Waals surface area contributed by atoms with E-state index in [1.165, 1.54) is 12.8 Å². The van der Waals surface area contributed by atoms with Crippen LogP contribution in [0, 0.1) is 0 Å². The topological polar surface area (TPSA) is 61.4 Å². The van der Waals surface area contributed by atoms with E-state index in [9.17, 15) is 8.42 Å². The first-order chi connectivity index (χ1) is 8.89. The lowest BCUT2D eigenvalue weighted by Gasteiger charge is -2.35. The van der Waals surface area contributed by atoms with E-state index < -0.39 is 10.2 Å². The molecule has 0 aromatic rings. The van der Waals surface area contributed by atoms with Crippen LogP contribution in [0.5, 0.6) is 0 Å². The highest BCUT2D eigenvalue weighted by atomic mass is 32.2. The smallest absolute Gasteiger partial charge is 0.277 e. The van der Waals surface area contributed by atoms with Crippen LogP contribution in [-0.4, -0.2) is 44.5 Å². The molecule has 0 spiro atoms. The molecule has 0 atom stereocenters. The van der Waals surface area contributed by atoms with Crippen molar-refractivity contribution in [3.05, 3.63) is 0 Å². The van der Waals surface area contributed by atoms with Crippen molar-refractivity contribution in [3.8, 4) is 0 Å². The number of hydrogen-bond donors (Lipinski definition) is 2. The van der Waals surface area contributed by atoms with E-state index >= 15 is 0 Å². The number of nitrogens with one attached hydrogen (secondary N) is 2. The van der Waals surface area contributed by atoms with E-state index in [-0.39, 0.29) is 11.6 Å². The number of likely N-dealkylation sites (tertiary alicyclic amines) is 1. The summed E-state index contributed by atoms with van der Waals surface area (Å²) in [5.74, 6) is 0. The van der Waals surface area contributed by atoms with Crippen molar-refractivity contribution >= 4 is 10.2 Å². The zero-order valence-electron chi connectivity index (χ0n) is 12.1. The summed E-state index contributed by atoms with van der Waals surface area (Å²) in [7, 11) is -3.35. The molecule has 1 saturated heterocycles. The molecule has 1 saturated carbocycles. The summed E-state index contributed by atoms with van der Waals surface area (Å²) >= 11 is 0. The lowest BCUT2D eigenvalue weighted by molar-refractivity contribution is 0.158. The third-order valence-electron chi connectivity index (χ3n) is 4.33. The van der Waals surface area contributed by atoms with Gasteiger partial charge in [0.25, 0.3) is 10.2 Å². The highest BCUT2D eigenvalue weighted by Gasteiger charge is 2.30.